The van der Waals surface area contributed by atoms with Crippen molar-refractivity contribution in [3.63, 3.8) is 0 Å². The van der Waals surface area contributed by atoms with Gasteiger partial charge in [-0.05, 0) is 39.8 Å². The molecule has 3 rings (SSSR count). The highest BCUT2D eigenvalue weighted by Gasteiger charge is 2.35. The predicted octanol–water partition coefficient (Wildman–Crippen LogP) is 1.02. The van der Waals surface area contributed by atoms with Gasteiger partial charge in [0.05, 0.1) is 6.42 Å². The predicted molar refractivity (Wildman–Crippen MR) is 121 cm³/mol. The summed E-state index contributed by atoms with van der Waals surface area (Å²) in [6, 6.07) is 13.7. The molecule has 1 saturated heterocycles. The summed E-state index contributed by atoms with van der Waals surface area (Å²) in [5.41, 5.74) is 1.70. The Morgan fingerprint density at radius 3 is 2.26 bits per heavy atom. The van der Waals surface area contributed by atoms with E-state index in [0.717, 1.165) is 14.7 Å². The lowest BCUT2D eigenvalue weighted by molar-refractivity contribution is -0.142. The number of nitrogens with one attached hydrogen (secondary N) is 3. The quantitative estimate of drug-likeness (QED) is 0.376. The number of carboxylic acid groups (broad SMARTS) is 1. The molecule has 31 heavy (non-hydrogen) atoms. The minimum Gasteiger partial charge on any atom is -0.480 e. The van der Waals surface area contributed by atoms with Crippen LogP contribution in [0.3, 0.4) is 0 Å². The number of carbonyl (C=O) groups excluding carboxylic acids is 3. The standard InChI is InChI=1S/C22H22IN3O5/c23-15-9-5-4-8-14(15)11-18(22(30)31)24-19(27)12-17-21(29)25-16(20(28)26-17)10-13-6-2-1-3-7-13/h1-9,16-18H,10-12H2,(H,24,27)(H,25,29)(H,26,28)(H,30,31)/t16-,17-,18+/m0/s1. The maximum absolute atomic E-state index is 12.4. The fraction of sp³-hybridized carbons (Fsp3) is 0.273. The maximum atomic E-state index is 12.4. The lowest BCUT2D eigenvalue weighted by atomic mass is 10.0. The van der Waals surface area contributed by atoms with Gasteiger partial charge in [-0.25, -0.2) is 4.79 Å². The number of hydrogen-bond acceptors (Lipinski definition) is 4. The number of carbonyl (C=O) groups is 4. The van der Waals surface area contributed by atoms with Crippen molar-refractivity contribution in [3.8, 4) is 0 Å². The van der Waals surface area contributed by atoms with Gasteiger partial charge in [0.25, 0.3) is 0 Å². The van der Waals surface area contributed by atoms with Crippen molar-refractivity contribution < 1.29 is 24.3 Å². The van der Waals surface area contributed by atoms with Gasteiger partial charge < -0.3 is 21.1 Å². The molecule has 1 fully saturated rings. The van der Waals surface area contributed by atoms with E-state index in [1.165, 1.54) is 0 Å². The number of aliphatic carboxylic acids is 1. The van der Waals surface area contributed by atoms with Gasteiger partial charge in [0.15, 0.2) is 0 Å². The molecule has 9 heteroatoms. The van der Waals surface area contributed by atoms with Crippen LogP contribution in [0.1, 0.15) is 17.5 Å². The van der Waals surface area contributed by atoms with Crippen LogP contribution in [0, 0.1) is 3.57 Å². The molecule has 2 aromatic rings. The second kappa shape index (κ2) is 10.4. The van der Waals surface area contributed by atoms with Gasteiger partial charge in [0.1, 0.15) is 18.1 Å². The summed E-state index contributed by atoms with van der Waals surface area (Å²) in [5, 5.41) is 17.1. The van der Waals surface area contributed by atoms with Crippen LogP contribution in [0.2, 0.25) is 0 Å². The molecular weight excluding hydrogens is 513 g/mol. The third-order valence-electron chi connectivity index (χ3n) is 4.95. The van der Waals surface area contributed by atoms with Crippen molar-refractivity contribution in [3.05, 3.63) is 69.3 Å². The van der Waals surface area contributed by atoms with Gasteiger partial charge in [-0.2, -0.15) is 0 Å². The first-order valence-electron chi connectivity index (χ1n) is 9.73. The summed E-state index contributed by atoms with van der Waals surface area (Å²) in [6.07, 6.45) is 0.113. The fourth-order valence-electron chi connectivity index (χ4n) is 3.34. The van der Waals surface area contributed by atoms with Crippen LogP contribution in [0.25, 0.3) is 0 Å². The fourth-order valence-corrected chi connectivity index (χ4v) is 3.94. The SMILES string of the molecule is O=C(C[C@@H]1NC(=O)[C@H](Cc2ccccc2)NC1=O)N[C@H](Cc1ccccc1I)C(=O)O. The van der Waals surface area contributed by atoms with E-state index in [1.54, 1.807) is 12.1 Å². The molecule has 0 bridgehead atoms. The first kappa shape index (κ1) is 22.7. The molecule has 1 aliphatic heterocycles. The largest absolute Gasteiger partial charge is 0.480 e. The summed E-state index contributed by atoms with van der Waals surface area (Å²) in [7, 11) is 0. The molecule has 0 aromatic heterocycles. The Bertz CT molecular complexity index is 982. The highest BCUT2D eigenvalue weighted by Crippen LogP contribution is 2.14. The summed E-state index contributed by atoms with van der Waals surface area (Å²) in [5.74, 6) is -2.65. The third-order valence-corrected chi connectivity index (χ3v) is 6.01. The summed E-state index contributed by atoms with van der Waals surface area (Å²) >= 11 is 2.10. The summed E-state index contributed by atoms with van der Waals surface area (Å²) in [4.78, 5) is 48.8. The summed E-state index contributed by atoms with van der Waals surface area (Å²) in [6.45, 7) is 0. The Hall–Kier alpha value is -2.95. The van der Waals surface area contributed by atoms with Gasteiger partial charge in [0.2, 0.25) is 17.7 Å². The first-order chi connectivity index (χ1) is 14.8. The smallest absolute Gasteiger partial charge is 0.326 e. The highest BCUT2D eigenvalue weighted by molar-refractivity contribution is 14.1. The Morgan fingerprint density at radius 1 is 0.968 bits per heavy atom. The number of halogens is 1. The van der Waals surface area contributed by atoms with Crippen LogP contribution in [-0.4, -0.2) is 46.9 Å². The van der Waals surface area contributed by atoms with Gasteiger partial charge in [-0.15, -0.1) is 0 Å². The Kier molecular flexibility index (Phi) is 7.61. The molecule has 1 aliphatic rings. The first-order valence-corrected chi connectivity index (χ1v) is 10.8. The highest BCUT2D eigenvalue weighted by atomic mass is 127. The topological polar surface area (TPSA) is 125 Å². The van der Waals surface area contributed by atoms with Crippen LogP contribution >= 0.6 is 22.6 Å². The monoisotopic (exact) mass is 535 g/mol. The van der Waals surface area contributed by atoms with E-state index in [4.69, 9.17) is 0 Å². The van der Waals surface area contributed by atoms with Crippen LogP contribution in [0.15, 0.2) is 54.6 Å². The van der Waals surface area contributed by atoms with Crippen molar-refractivity contribution in [1.29, 1.82) is 0 Å². The molecule has 3 atom stereocenters. The molecule has 2 aromatic carbocycles. The van der Waals surface area contributed by atoms with Crippen molar-refractivity contribution in [1.82, 2.24) is 16.0 Å². The normalized spacial score (nSPS) is 19.1. The minimum absolute atomic E-state index is 0.114. The van der Waals surface area contributed by atoms with Crippen LogP contribution in [0.5, 0.6) is 0 Å². The van der Waals surface area contributed by atoms with Crippen molar-refractivity contribution in [2.24, 2.45) is 0 Å². The van der Waals surface area contributed by atoms with E-state index in [2.05, 4.69) is 38.5 Å². The zero-order chi connectivity index (χ0) is 22.4. The molecule has 0 spiro atoms. The minimum atomic E-state index is -1.17. The number of piperazine rings is 1. The maximum Gasteiger partial charge on any atom is 0.326 e. The third kappa shape index (κ3) is 6.27. The van der Waals surface area contributed by atoms with E-state index >= 15 is 0 Å². The molecule has 8 nitrogen and oxygen atoms in total. The van der Waals surface area contributed by atoms with E-state index in [0.29, 0.717) is 6.42 Å². The van der Waals surface area contributed by atoms with Gasteiger partial charge in [-0.1, -0.05) is 48.5 Å². The van der Waals surface area contributed by atoms with E-state index in [9.17, 15) is 24.3 Å². The van der Waals surface area contributed by atoms with Crippen LogP contribution in [0.4, 0.5) is 0 Å². The lowest BCUT2D eigenvalue weighted by Gasteiger charge is -2.29. The zero-order valence-electron chi connectivity index (χ0n) is 16.5. The number of rotatable bonds is 8. The molecule has 1 heterocycles. The Morgan fingerprint density at radius 2 is 1.58 bits per heavy atom. The Labute approximate surface area is 192 Å². The van der Waals surface area contributed by atoms with Gasteiger partial charge in [-0.3, -0.25) is 14.4 Å². The molecule has 4 N–H and O–H groups in total. The van der Waals surface area contributed by atoms with E-state index in [1.807, 2.05) is 42.5 Å². The summed E-state index contributed by atoms with van der Waals surface area (Å²) < 4.78 is 0.893. The van der Waals surface area contributed by atoms with Crippen molar-refractivity contribution >= 4 is 46.3 Å². The molecule has 0 saturated carbocycles. The average Bonchev–Trinajstić information content (AvgIpc) is 2.73. The second-order valence-electron chi connectivity index (χ2n) is 7.27. The van der Waals surface area contributed by atoms with E-state index < -0.39 is 35.9 Å². The number of carboxylic acids is 1. The molecule has 0 radical (unpaired) electrons. The molecule has 0 unspecified atom stereocenters. The molecule has 3 amide bonds. The van der Waals surface area contributed by atoms with Gasteiger partial charge >= 0.3 is 5.97 Å². The number of benzene rings is 2. The number of amides is 3. The zero-order valence-corrected chi connectivity index (χ0v) is 18.7. The molecule has 0 aliphatic carbocycles. The van der Waals surface area contributed by atoms with Gasteiger partial charge in [0, 0.05) is 16.4 Å². The van der Waals surface area contributed by atoms with E-state index in [-0.39, 0.29) is 18.7 Å². The molecule has 162 valence electrons. The average molecular weight is 535 g/mol. The lowest BCUT2D eigenvalue weighted by Crippen LogP contribution is -2.63. The van der Waals surface area contributed by atoms with Crippen LogP contribution in [-0.2, 0) is 32.0 Å². The number of hydrogen-bond donors (Lipinski definition) is 4. The second-order valence-corrected chi connectivity index (χ2v) is 8.43. The van der Waals surface area contributed by atoms with Crippen molar-refractivity contribution in [2.45, 2.75) is 37.4 Å². The van der Waals surface area contributed by atoms with Crippen molar-refractivity contribution in [2.75, 3.05) is 0 Å². The van der Waals surface area contributed by atoms with Crippen LogP contribution < -0.4 is 16.0 Å². The Balaban J connectivity index is 1.57. The molecular formula is C22H22IN3O5.